The van der Waals surface area contributed by atoms with Gasteiger partial charge in [0.15, 0.2) is 11.2 Å². The Morgan fingerprint density at radius 3 is 3.11 bits per heavy atom. The standard InChI is InChI=1S/C10H13N5O4/c11-10-13-8-7(9(18)14-10)12-3-15(8)6-1-4(17)5(2-16)19-6/h3-6,16-17H,1-2H2,(H3,11,13,14,18)/t4-,5+,6+/m0/s1/i14+1. The number of aliphatic hydroxyl groups excluding tert-OH is 2. The Balaban J connectivity index is 2.05. The number of rotatable bonds is 2. The molecular formula is C10H13N5O4. The number of hydrogen-bond donors (Lipinski definition) is 4. The summed E-state index contributed by atoms with van der Waals surface area (Å²) in [6.07, 6.45) is -0.270. The molecule has 2 aromatic rings. The molecule has 3 atom stereocenters. The summed E-state index contributed by atoms with van der Waals surface area (Å²) in [6.45, 7) is -0.277. The number of anilines is 1. The van der Waals surface area contributed by atoms with Gasteiger partial charge in [0, 0.05) is 6.42 Å². The van der Waals surface area contributed by atoms with E-state index in [4.69, 9.17) is 15.6 Å². The summed E-state index contributed by atoms with van der Waals surface area (Å²) in [7, 11) is 0. The number of hydrogen-bond acceptors (Lipinski definition) is 7. The molecule has 0 saturated carbocycles. The van der Waals surface area contributed by atoms with Crippen LogP contribution >= 0.6 is 0 Å². The number of fused-ring (bicyclic) bond motifs is 1. The smallest absolute Gasteiger partial charge is 0.280 e. The van der Waals surface area contributed by atoms with E-state index in [1.807, 2.05) is 0 Å². The number of nitrogen functional groups attached to an aromatic ring is 1. The normalized spacial score (nSPS) is 27.2. The maximum atomic E-state index is 11.6. The zero-order valence-corrected chi connectivity index (χ0v) is 9.85. The van der Waals surface area contributed by atoms with Crippen LogP contribution in [0.15, 0.2) is 11.1 Å². The lowest BCUT2D eigenvalue weighted by molar-refractivity contribution is -0.0432. The molecular weight excluding hydrogens is 255 g/mol. The van der Waals surface area contributed by atoms with Gasteiger partial charge in [-0.1, -0.05) is 0 Å². The molecule has 0 radical (unpaired) electrons. The molecule has 0 unspecified atom stereocenters. The summed E-state index contributed by atoms with van der Waals surface area (Å²) in [5, 5.41) is 18.8. The first-order chi connectivity index (χ1) is 9.10. The summed E-state index contributed by atoms with van der Waals surface area (Å²) in [4.78, 5) is 22.0. The van der Waals surface area contributed by atoms with Crippen molar-refractivity contribution in [3.63, 3.8) is 0 Å². The zero-order chi connectivity index (χ0) is 13.6. The Bertz CT molecular complexity index is 665. The lowest BCUT2D eigenvalue weighted by Crippen LogP contribution is -2.24. The third-order valence-electron chi connectivity index (χ3n) is 3.15. The highest BCUT2D eigenvalue weighted by Gasteiger charge is 2.35. The number of nitrogens with two attached hydrogens (primary N) is 1. The van der Waals surface area contributed by atoms with Crippen molar-refractivity contribution in [1.29, 1.82) is 0 Å². The lowest BCUT2D eigenvalue weighted by atomic mass is 10.2. The van der Waals surface area contributed by atoms with E-state index in [9.17, 15) is 9.90 Å². The molecule has 0 aliphatic carbocycles. The first-order valence-corrected chi connectivity index (χ1v) is 5.77. The van der Waals surface area contributed by atoms with E-state index in [0.717, 1.165) is 0 Å². The number of ether oxygens (including phenoxy) is 1. The quantitative estimate of drug-likeness (QED) is 0.511. The van der Waals surface area contributed by atoms with Gasteiger partial charge in [0.1, 0.15) is 12.3 Å². The van der Waals surface area contributed by atoms with Crippen LogP contribution in [0.4, 0.5) is 5.95 Å². The topological polar surface area (TPSA) is 139 Å². The van der Waals surface area contributed by atoms with E-state index in [2.05, 4.69) is 15.0 Å². The molecule has 1 aliphatic heterocycles. The lowest BCUT2D eigenvalue weighted by Gasteiger charge is -2.13. The fraction of sp³-hybridized carbons (Fsp3) is 0.500. The molecule has 9 heteroatoms. The number of H-pyrrole nitrogens is 1. The first kappa shape index (κ1) is 12.1. The molecule has 1 aliphatic rings. The van der Waals surface area contributed by atoms with Crippen molar-refractivity contribution in [3.8, 4) is 0 Å². The molecule has 5 N–H and O–H groups in total. The highest BCUT2D eigenvalue weighted by atomic mass is 16.5. The minimum Gasteiger partial charge on any atom is -0.394 e. The average Bonchev–Trinajstić information content (AvgIpc) is 2.92. The van der Waals surface area contributed by atoms with Crippen LogP contribution in [0.2, 0.25) is 0 Å². The van der Waals surface area contributed by atoms with Crippen LogP contribution in [0, 0.1) is 0 Å². The van der Waals surface area contributed by atoms with Gasteiger partial charge in [-0.15, -0.1) is 0 Å². The predicted molar refractivity (Wildman–Crippen MR) is 64.2 cm³/mol. The van der Waals surface area contributed by atoms with Gasteiger partial charge in [-0.25, -0.2) is 4.98 Å². The molecule has 1 saturated heterocycles. The van der Waals surface area contributed by atoms with Gasteiger partial charge >= 0.3 is 0 Å². The second-order valence-electron chi connectivity index (χ2n) is 4.39. The minimum absolute atomic E-state index is 0.0171. The number of aromatic nitrogens is 4. The van der Waals surface area contributed by atoms with Crippen molar-refractivity contribution >= 4 is 17.1 Å². The van der Waals surface area contributed by atoms with Gasteiger partial charge in [0.2, 0.25) is 5.95 Å². The Labute approximate surface area is 106 Å². The molecule has 102 valence electrons. The molecule has 9 nitrogen and oxygen atoms in total. The number of aromatic amines is 1. The molecule has 3 rings (SSSR count). The Kier molecular flexibility index (Phi) is 2.73. The van der Waals surface area contributed by atoms with E-state index in [-0.39, 0.29) is 30.1 Å². The monoisotopic (exact) mass is 268 g/mol. The summed E-state index contributed by atoms with van der Waals surface area (Å²) in [5.74, 6) is -0.0171. The first-order valence-electron chi connectivity index (χ1n) is 5.77. The second-order valence-corrected chi connectivity index (χ2v) is 4.39. The van der Waals surface area contributed by atoms with Crippen LogP contribution in [0.3, 0.4) is 0 Å². The number of aliphatic hydroxyl groups is 2. The van der Waals surface area contributed by atoms with Gasteiger partial charge < -0.3 is 20.7 Å². The summed E-state index contributed by atoms with van der Waals surface area (Å²) in [5.41, 5.74) is 5.50. The molecule has 0 spiro atoms. The number of imidazole rings is 1. The van der Waals surface area contributed by atoms with Gasteiger partial charge in [-0.2, -0.15) is 4.98 Å². The van der Waals surface area contributed by atoms with E-state index < -0.39 is 24.0 Å². The highest BCUT2D eigenvalue weighted by Crippen LogP contribution is 2.30. The van der Waals surface area contributed by atoms with Crippen molar-refractivity contribution in [2.45, 2.75) is 24.9 Å². The zero-order valence-electron chi connectivity index (χ0n) is 9.85. The fourth-order valence-corrected chi connectivity index (χ4v) is 2.20. The van der Waals surface area contributed by atoms with E-state index in [0.29, 0.717) is 0 Å². The number of nitrogens with zero attached hydrogens (tertiary/aromatic N) is 3. The van der Waals surface area contributed by atoms with Crippen LogP contribution < -0.4 is 11.3 Å². The van der Waals surface area contributed by atoms with E-state index in [1.165, 1.54) is 10.9 Å². The van der Waals surface area contributed by atoms with Crippen molar-refractivity contribution in [1.82, 2.24) is 19.5 Å². The molecule has 3 heterocycles. The maximum absolute atomic E-state index is 11.6. The van der Waals surface area contributed by atoms with Gasteiger partial charge in [-0.3, -0.25) is 14.3 Å². The van der Waals surface area contributed by atoms with Gasteiger partial charge in [0.25, 0.3) is 5.56 Å². The van der Waals surface area contributed by atoms with Crippen molar-refractivity contribution < 1.29 is 14.9 Å². The minimum atomic E-state index is -0.771. The van der Waals surface area contributed by atoms with Crippen LogP contribution in [0.5, 0.6) is 0 Å². The summed E-state index contributed by atoms with van der Waals surface area (Å²) >= 11 is 0. The molecule has 0 aromatic carbocycles. The van der Waals surface area contributed by atoms with Crippen molar-refractivity contribution in [2.24, 2.45) is 0 Å². The average molecular weight is 268 g/mol. The van der Waals surface area contributed by atoms with Crippen LogP contribution in [-0.2, 0) is 4.74 Å². The van der Waals surface area contributed by atoms with Crippen molar-refractivity contribution in [3.05, 3.63) is 16.7 Å². The largest absolute Gasteiger partial charge is 0.394 e. The summed E-state index contributed by atoms with van der Waals surface area (Å²) < 4.78 is 7.01. The maximum Gasteiger partial charge on any atom is 0.280 e. The second kappa shape index (κ2) is 4.30. The molecule has 0 bridgehead atoms. The molecule has 2 aromatic heterocycles. The molecule has 19 heavy (non-hydrogen) atoms. The Morgan fingerprint density at radius 2 is 2.42 bits per heavy atom. The van der Waals surface area contributed by atoms with Crippen molar-refractivity contribution in [2.75, 3.05) is 12.3 Å². The Morgan fingerprint density at radius 1 is 1.63 bits per heavy atom. The molecule has 1 fully saturated rings. The predicted octanol–water partition coefficient (Wildman–Crippen LogP) is -1.66. The van der Waals surface area contributed by atoms with Gasteiger partial charge in [0.05, 0.1) is 19.0 Å². The van der Waals surface area contributed by atoms with Crippen LogP contribution in [0.1, 0.15) is 12.6 Å². The highest BCUT2D eigenvalue weighted by molar-refractivity contribution is 5.70. The molecule has 0 amide bonds. The van der Waals surface area contributed by atoms with E-state index >= 15 is 0 Å². The van der Waals surface area contributed by atoms with E-state index in [1.54, 1.807) is 0 Å². The summed E-state index contributed by atoms with van der Waals surface area (Å²) in [6, 6.07) is 0. The Hall–Kier alpha value is -1.97. The van der Waals surface area contributed by atoms with Gasteiger partial charge in [-0.05, 0) is 0 Å². The number of nitrogens with one attached hydrogen (secondary N) is 1. The third kappa shape index (κ3) is 1.87. The SMILES string of the molecule is Nc1nc2c(ncn2[C@H]2C[C@H](O)[C@@H](CO)O2)c(=O)[15nH]1. The fourth-order valence-electron chi connectivity index (χ4n) is 2.20. The van der Waals surface area contributed by atoms with Crippen LogP contribution in [0.25, 0.3) is 11.2 Å². The third-order valence-corrected chi connectivity index (χ3v) is 3.15. The van der Waals surface area contributed by atoms with Crippen LogP contribution in [-0.4, -0.2) is 48.5 Å².